The van der Waals surface area contributed by atoms with Crippen LogP contribution in [0.4, 0.5) is 14.5 Å². The van der Waals surface area contributed by atoms with Crippen LogP contribution in [0.3, 0.4) is 0 Å². The van der Waals surface area contributed by atoms with E-state index in [4.69, 9.17) is 5.11 Å². The van der Waals surface area contributed by atoms with Crippen molar-refractivity contribution in [3.63, 3.8) is 0 Å². The Kier molecular flexibility index (Phi) is 5.28. The minimum Gasteiger partial charge on any atom is -0.478 e. The summed E-state index contributed by atoms with van der Waals surface area (Å²) in [5.41, 5.74) is 0.773. The molecular weight excluding hydrogens is 326 g/mol. The van der Waals surface area contributed by atoms with Crippen molar-refractivity contribution >= 4 is 11.7 Å². The van der Waals surface area contributed by atoms with Gasteiger partial charge < -0.3 is 10.4 Å². The van der Waals surface area contributed by atoms with E-state index in [-0.39, 0.29) is 11.7 Å². The smallest absolute Gasteiger partial charge is 0.338 e. The van der Waals surface area contributed by atoms with E-state index in [2.05, 4.69) is 22.3 Å². The van der Waals surface area contributed by atoms with Crippen molar-refractivity contribution in [3.8, 4) is 0 Å². The molecule has 0 spiro atoms. The van der Waals surface area contributed by atoms with E-state index in [0.29, 0.717) is 6.07 Å². The third kappa shape index (κ3) is 4.33. The molecule has 1 aliphatic rings. The normalized spacial score (nSPS) is 15.9. The molecule has 1 fully saturated rings. The van der Waals surface area contributed by atoms with Crippen molar-refractivity contribution in [2.75, 3.05) is 18.4 Å². The molecule has 132 valence electrons. The molecule has 2 N–H and O–H groups in total. The molecule has 3 rings (SSSR count). The first-order valence-corrected chi connectivity index (χ1v) is 8.28. The zero-order chi connectivity index (χ0) is 17.8. The molecule has 2 aromatic rings. The first kappa shape index (κ1) is 17.4. The molecule has 0 bridgehead atoms. The molecule has 0 unspecified atom stereocenters. The second-order valence-corrected chi connectivity index (χ2v) is 6.30. The number of carbonyl (C=O) groups is 1. The lowest BCUT2D eigenvalue weighted by Gasteiger charge is -2.33. The van der Waals surface area contributed by atoms with Crippen molar-refractivity contribution in [3.05, 3.63) is 65.2 Å². The van der Waals surface area contributed by atoms with Gasteiger partial charge in [0.1, 0.15) is 11.6 Å². The summed E-state index contributed by atoms with van der Waals surface area (Å²) in [6.45, 7) is 2.60. The largest absolute Gasteiger partial charge is 0.478 e. The summed E-state index contributed by atoms with van der Waals surface area (Å²) in [6.07, 6.45) is 1.62. The molecule has 2 aromatic carbocycles. The van der Waals surface area contributed by atoms with E-state index in [1.165, 1.54) is 5.56 Å². The Hall–Kier alpha value is -2.47. The average molecular weight is 346 g/mol. The van der Waals surface area contributed by atoms with Gasteiger partial charge in [0.05, 0.1) is 11.3 Å². The monoisotopic (exact) mass is 346 g/mol. The zero-order valence-electron chi connectivity index (χ0n) is 13.7. The molecule has 0 radical (unpaired) electrons. The van der Waals surface area contributed by atoms with E-state index in [0.717, 1.165) is 38.5 Å². The Morgan fingerprint density at radius 2 is 1.80 bits per heavy atom. The van der Waals surface area contributed by atoms with E-state index < -0.39 is 23.2 Å². The predicted molar refractivity (Wildman–Crippen MR) is 91.7 cm³/mol. The number of anilines is 1. The first-order chi connectivity index (χ1) is 12.0. The van der Waals surface area contributed by atoms with Crippen molar-refractivity contribution in [1.82, 2.24) is 4.90 Å². The molecule has 0 amide bonds. The highest BCUT2D eigenvalue weighted by Gasteiger charge is 2.22. The molecule has 1 saturated heterocycles. The summed E-state index contributed by atoms with van der Waals surface area (Å²) in [7, 11) is 0. The van der Waals surface area contributed by atoms with Crippen LogP contribution in [-0.4, -0.2) is 35.1 Å². The van der Waals surface area contributed by atoms with Gasteiger partial charge in [-0.25, -0.2) is 13.6 Å². The number of carboxylic acid groups (broad SMARTS) is 1. The van der Waals surface area contributed by atoms with Crippen LogP contribution in [0.25, 0.3) is 0 Å². The van der Waals surface area contributed by atoms with Gasteiger partial charge in [0.2, 0.25) is 0 Å². The average Bonchev–Trinajstić information content (AvgIpc) is 2.59. The van der Waals surface area contributed by atoms with Gasteiger partial charge in [-0.15, -0.1) is 0 Å². The SMILES string of the molecule is O=C(O)c1cc(NC2CCN(Cc3ccccc3)CC2)c(F)cc1F. The Bertz CT molecular complexity index is 745. The molecule has 0 aromatic heterocycles. The Labute approximate surface area is 145 Å². The molecule has 1 aliphatic heterocycles. The van der Waals surface area contributed by atoms with E-state index in [9.17, 15) is 13.6 Å². The number of nitrogens with zero attached hydrogens (tertiary/aromatic N) is 1. The van der Waals surface area contributed by atoms with Gasteiger partial charge in [-0.2, -0.15) is 0 Å². The van der Waals surface area contributed by atoms with Gasteiger partial charge in [0.25, 0.3) is 0 Å². The Balaban J connectivity index is 1.59. The number of hydrogen-bond donors (Lipinski definition) is 2. The van der Waals surface area contributed by atoms with E-state index in [1.54, 1.807) is 0 Å². The van der Waals surface area contributed by atoms with E-state index >= 15 is 0 Å². The molecule has 25 heavy (non-hydrogen) atoms. The van der Waals surface area contributed by atoms with Crippen molar-refractivity contribution in [2.45, 2.75) is 25.4 Å². The number of carboxylic acids is 1. The lowest BCUT2D eigenvalue weighted by atomic mass is 10.0. The molecule has 6 heteroatoms. The second kappa shape index (κ2) is 7.61. The highest BCUT2D eigenvalue weighted by molar-refractivity contribution is 5.89. The number of hydrogen-bond acceptors (Lipinski definition) is 3. The number of benzene rings is 2. The molecule has 1 heterocycles. The van der Waals surface area contributed by atoms with Crippen LogP contribution in [0.15, 0.2) is 42.5 Å². The van der Waals surface area contributed by atoms with Gasteiger partial charge in [-0.1, -0.05) is 30.3 Å². The lowest BCUT2D eigenvalue weighted by molar-refractivity contribution is 0.0692. The fourth-order valence-corrected chi connectivity index (χ4v) is 3.12. The molecule has 0 saturated carbocycles. The van der Waals surface area contributed by atoms with Gasteiger partial charge >= 0.3 is 5.97 Å². The van der Waals surface area contributed by atoms with Gasteiger partial charge in [0.15, 0.2) is 0 Å². The van der Waals surface area contributed by atoms with Crippen LogP contribution in [0.1, 0.15) is 28.8 Å². The third-order valence-electron chi connectivity index (χ3n) is 4.48. The molecular formula is C19H20F2N2O2. The van der Waals surface area contributed by atoms with Crippen molar-refractivity contribution < 1.29 is 18.7 Å². The quantitative estimate of drug-likeness (QED) is 0.866. The topological polar surface area (TPSA) is 52.6 Å². The van der Waals surface area contributed by atoms with Gasteiger partial charge in [-0.05, 0) is 24.5 Å². The van der Waals surface area contributed by atoms with Crippen LogP contribution >= 0.6 is 0 Å². The van der Waals surface area contributed by atoms with Crippen molar-refractivity contribution in [2.24, 2.45) is 0 Å². The van der Waals surface area contributed by atoms with Crippen molar-refractivity contribution in [1.29, 1.82) is 0 Å². The maximum atomic E-state index is 13.9. The number of aromatic carboxylic acids is 1. The Morgan fingerprint density at radius 1 is 1.12 bits per heavy atom. The molecule has 0 atom stereocenters. The summed E-state index contributed by atoms with van der Waals surface area (Å²) < 4.78 is 27.4. The molecule has 0 aliphatic carbocycles. The highest BCUT2D eigenvalue weighted by Crippen LogP contribution is 2.23. The number of likely N-dealkylation sites (tertiary alicyclic amines) is 1. The maximum absolute atomic E-state index is 13.9. The minimum absolute atomic E-state index is 0.0358. The van der Waals surface area contributed by atoms with Crippen LogP contribution in [0, 0.1) is 11.6 Å². The van der Waals surface area contributed by atoms with Crippen LogP contribution < -0.4 is 5.32 Å². The summed E-state index contributed by atoms with van der Waals surface area (Å²) >= 11 is 0. The summed E-state index contributed by atoms with van der Waals surface area (Å²) in [6, 6.07) is 11.9. The Morgan fingerprint density at radius 3 is 2.44 bits per heavy atom. The van der Waals surface area contributed by atoms with Gasteiger partial charge in [-0.3, -0.25) is 4.90 Å². The van der Waals surface area contributed by atoms with Crippen LogP contribution in [-0.2, 0) is 6.54 Å². The number of nitrogens with one attached hydrogen (secondary N) is 1. The van der Waals surface area contributed by atoms with E-state index in [1.807, 2.05) is 18.2 Å². The third-order valence-corrected chi connectivity index (χ3v) is 4.48. The standard InChI is InChI=1S/C19H20F2N2O2/c20-16-11-17(21)18(10-15(16)19(24)25)22-14-6-8-23(9-7-14)12-13-4-2-1-3-5-13/h1-5,10-11,14,22H,6-9,12H2,(H,24,25). The summed E-state index contributed by atoms with van der Waals surface area (Å²) in [5, 5.41) is 12.0. The molecule has 4 nitrogen and oxygen atoms in total. The number of halogens is 2. The first-order valence-electron chi connectivity index (χ1n) is 8.28. The van der Waals surface area contributed by atoms with Crippen LogP contribution in [0.5, 0.6) is 0 Å². The summed E-state index contributed by atoms with van der Waals surface area (Å²) in [4.78, 5) is 13.3. The number of piperidine rings is 1. The number of rotatable bonds is 5. The predicted octanol–water partition coefficient (Wildman–Crippen LogP) is 3.74. The zero-order valence-corrected chi connectivity index (χ0v) is 13.7. The second-order valence-electron chi connectivity index (χ2n) is 6.30. The fourth-order valence-electron chi connectivity index (χ4n) is 3.12. The highest BCUT2D eigenvalue weighted by atomic mass is 19.1. The summed E-state index contributed by atoms with van der Waals surface area (Å²) in [5.74, 6) is -3.24. The van der Waals surface area contributed by atoms with Gasteiger partial charge in [0, 0.05) is 31.7 Å². The maximum Gasteiger partial charge on any atom is 0.338 e. The van der Waals surface area contributed by atoms with Crippen LogP contribution in [0.2, 0.25) is 0 Å². The lowest BCUT2D eigenvalue weighted by Crippen LogP contribution is -2.38. The minimum atomic E-state index is -1.40. The fraction of sp³-hybridized carbons (Fsp3) is 0.316.